The molecule has 0 amide bonds. The molecule has 1 unspecified atom stereocenters. The molecular formula is C19H17N9O. The number of hydrogen-bond acceptors (Lipinski definition) is 10. The molecule has 1 aliphatic rings. The Balaban J connectivity index is 1.97. The predicted molar refractivity (Wildman–Crippen MR) is 106 cm³/mol. The van der Waals surface area contributed by atoms with Crippen molar-refractivity contribution in [3.05, 3.63) is 41.0 Å². The number of nitrogens with zero attached hydrogens (tertiary/aromatic N) is 5. The first kappa shape index (κ1) is 19.3. The number of ether oxygens (including phenoxy) is 1. The van der Waals surface area contributed by atoms with Crippen molar-refractivity contribution in [1.29, 1.82) is 15.8 Å². The van der Waals surface area contributed by atoms with Gasteiger partial charge in [-0.1, -0.05) is 12.1 Å². The number of benzene rings is 1. The van der Waals surface area contributed by atoms with E-state index < -0.39 is 6.04 Å². The van der Waals surface area contributed by atoms with Gasteiger partial charge in [0, 0.05) is 12.0 Å². The topological polar surface area (TPSA) is 182 Å². The van der Waals surface area contributed by atoms with Gasteiger partial charge in [0.2, 0.25) is 5.96 Å². The predicted octanol–water partition coefficient (Wildman–Crippen LogP) is 1.74. The Kier molecular flexibility index (Phi) is 5.63. The van der Waals surface area contributed by atoms with E-state index in [4.69, 9.17) is 26.7 Å². The fourth-order valence-corrected chi connectivity index (χ4v) is 2.91. The number of aliphatic imine (C=N–C) groups is 1. The Bertz CT molecular complexity index is 1070. The first-order chi connectivity index (χ1) is 14.1. The highest BCUT2D eigenvalue weighted by Gasteiger charge is 2.29. The van der Waals surface area contributed by atoms with Gasteiger partial charge in [0.1, 0.15) is 35.1 Å². The molecule has 10 heteroatoms. The molecule has 29 heavy (non-hydrogen) atoms. The van der Waals surface area contributed by atoms with Crippen molar-refractivity contribution in [2.75, 3.05) is 23.4 Å². The van der Waals surface area contributed by atoms with Crippen LogP contribution in [0.2, 0.25) is 0 Å². The quantitative estimate of drug-likeness (QED) is 0.337. The van der Waals surface area contributed by atoms with Crippen molar-refractivity contribution in [2.24, 2.45) is 4.99 Å². The number of nitrogens with one attached hydrogen (secondary N) is 2. The number of rotatable bonds is 5. The van der Waals surface area contributed by atoms with E-state index in [1.807, 2.05) is 18.2 Å². The number of nitrogen functional groups attached to an aromatic ring is 2. The van der Waals surface area contributed by atoms with Crippen molar-refractivity contribution in [1.82, 2.24) is 10.3 Å². The van der Waals surface area contributed by atoms with Gasteiger partial charge >= 0.3 is 0 Å². The molecule has 10 nitrogen and oxygen atoms in total. The molecule has 0 spiro atoms. The third-order valence-electron chi connectivity index (χ3n) is 4.26. The van der Waals surface area contributed by atoms with Crippen LogP contribution in [-0.2, 0) is 0 Å². The van der Waals surface area contributed by atoms with Crippen LogP contribution in [0.25, 0.3) is 0 Å². The van der Waals surface area contributed by atoms with Gasteiger partial charge in [0.25, 0.3) is 0 Å². The Hall–Kier alpha value is -4.49. The van der Waals surface area contributed by atoms with Crippen LogP contribution in [0.4, 0.5) is 17.3 Å². The molecule has 1 aromatic carbocycles. The van der Waals surface area contributed by atoms with Gasteiger partial charge in [-0.3, -0.25) is 5.32 Å². The highest BCUT2D eigenvalue weighted by Crippen LogP contribution is 2.40. The van der Waals surface area contributed by atoms with Crippen LogP contribution in [0, 0.1) is 34.1 Å². The van der Waals surface area contributed by atoms with E-state index in [-0.39, 0.29) is 23.0 Å². The normalized spacial score (nSPS) is 14.2. The molecule has 0 saturated heterocycles. The minimum Gasteiger partial charge on any atom is -0.494 e. The molecule has 0 fully saturated rings. The number of unbranched alkanes of at least 4 members (excludes halogenated alkanes) is 1. The summed E-state index contributed by atoms with van der Waals surface area (Å²) >= 11 is 0. The second-order valence-electron chi connectivity index (χ2n) is 6.08. The van der Waals surface area contributed by atoms with E-state index in [0.717, 1.165) is 5.56 Å². The maximum absolute atomic E-state index is 9.35. The number of aromatic nitrogens is 1. The maximum atomic E-state index is 9.35. The molecule has 0 radical (unpaired) electrons. The third-order valence-corrected chi connectivity index (χ3v) is 4.26. The standard InChI is InChI=1S/C19H17N9O/c20-7-1-2-8-29-12-5-3-11(4-6-12)16-14-15(23)13(9-21)17(24)27-18(14)28-19(26-16)25-10-22/h3-6,16H,1-2,8H2,(H6,23,24,25,26,27,28). The van der Waals surface area contributed by atoms with Gasteiger partial charge in [0.05, 0.1) is 18.4 Å². The first-order valence-corrected chi connectivity index (χ1v) is 8.67. The molecule has 144 valence electrons. The highest BCUT2D eigenvalue weighted by atomic mass is 16.5. The van der Waals surface area contributed by atoms with Gasteiger partial charge in [-0.15, -0.1) is 0 Å². The number of fused-ring (bicyclic) bond motifs is 1. The lowest BCUT2D eigenvalue weighted by atomic mass is 9.95. The van der Waals surface area contributed by atoms with Crippen LogP contribution in [-0.4, -0.2) is 17.6 Å². The Morgan fingerprint density at radius 2 is 1.93 bits per heavy atom. The number of guanidine groups is 1. The largest absolute Gasteiger partial charge is 0.494 e. The summed E-state index contributed by atoms with van der Waals surface area (Å²) in [6.45, 7) is 0.444. The van der Waals surface area contributed by atoms with Crippen LogP contribution >= 0.6 is 0 Å². The summed E-state index contributed by atoms with van der Waals surface area (Å²) in [5, 5.41) is 32.2. The smallest absolute Gasteiger partial charge is 0.211 e. The zero-order chi connectivity index (χ0) is 20.8. The van der Waals surface area contributed by atoms with Crippen LogP contribution in [0.15, 0.2) is 29.3 Å². The fraction of sp³-hybridized carbons (Fsp3) is 0.211. The monoisotopic (exact) mass is 387 g/mol. The van der Waals surface area contributed by atoms with Crippen molar-refractivity contribution < 1.29 is 4.74 Å². The molecule has 3 rings (SSSR count). The number of nitrogens with two attached hydrogens (primary N) is 2. The summed E-state index contributed by atoms with van der Waals surface area (Å²) < 4.78 is 5.60. The summed E-state index contributed by atoms with van der Waals surface area (Å²) in [6, 6.07) is 10.6. The van der Waals surface area contributed by atoms with Crippen LogP contribution < -0.4 is 26.8 Å². The molecule has 1 aromatic heterocycles. The number of hydrogen-bond donors (Lipinski definition) is 4. The Morgan fingerprint density at radius 1 is 1.17 bits per heavy atom. The highest BCUT2D eigenvalue weighted by molar-refractivity contribution is 5.98. The summed E-state index contributed by atoms with van der Waals surface area (Å²) in [4.78, 5) is 8.70. The molecule has 2 aromatic rings. The van der Waals surface area contributed by atoms with E-state index in [1.54, 1.807) is 18.3 Å². The second kappa shape index (κ2) is 8.47. The lowest BCUT2D eigenvalue weighted by Crippen LogP contribution is -2.32. The summed E-state index contributed by atoms with van der Waals surface area (Å²) in [7, 11) is 0. The van der Waals surface area contributed by atoms with Gasteiger partial charge in [-0.25, -0.2) is 9.98 Å². The van der Waals surface area contributed by atoms with Gasteiger partial charge in [-0.2, -0.15) is 15.8 Å². The minimum absolute atomic E-state index is 0.00525. The van der Waals surface area contributed by atoms with E-state index >= 15 is 0 Å². The summed E-state index contributed by atoms with van der Waals surface area (Å²) in [5.41, 5.74) is 13.6. The SMILES string of the molecule is N#CCCCOc1ccc(C2N=C(NC#N)Nc3nc(N)c(C#N)c(N)c32)cc1. The van der Waals surface area contributed by atoms with Gasteiger partial charge in [0.15, 0.2) is 6.19 Å². The molecule has 2 heterocycles. The van der Waals surface area contributed by atoms with Crippen molar-refractivity contribution in [3.8, 4) is 24.1 Å². The average Bonchev–Trinajstić information content (AvgIpc) is 2.71. The number of nitriles is 3. The van der Waals surface area contributed by atoms with Crippen LogP contribution in [0.1, 0.15) is 35.6 Å². The third kappa shape index (κ3) is 3.95. The molecule has 1 atom stereocenters. The maximum Gasteiger partial charge on any atom is 0.211 e. The summed E-state index contributed by atoms with van der Waals surface area (Å²) in [6.07, 6.45) is 2.89. The molecule has 0 bridgehead atoms. The second-order valence-corrected chi connectivity index (χ2v) is 6.08. The van der Waals surface area contributed by atoms with Crippen molar-refractivity contribution >= 4 is 23.3 Å². The fourth-order valence-electron chi connectivity index (χ4n) is 2.91. The zero-order valence-corrected chi connectivity index (χ0v) is 15.3. The number of anilines is 3. The van der Waals surface area contributed by atoms with Crippen molar-refractivity contribution in [3.63, 3.8) is 0 Å². The molecule has 0 saturated carbocycles. The molecule has 6 N–H and O–H groups in total. The van der Waals surface area contributed by atoms with Crippen LogP contribution in [0.3, 0.4) is 0 Å². The van der Waals surface area contributed by atoms with Crippen molar-refractivity contribution in [2.45, 2.75) is 18.9 Å². The molecule has 0 aliphatic carbocycles. The molecule has 1 aliphatic heterocycles. The molecular weight excluding hydrogens is 370 g/mol. The zero-order valence-electron chi connectivity index (χ0n) is 15.3. The van der Waals surface area contributed by atoms with E-state index in [9.17, 15) is 5.26 Å². The van der Waals surface area contributed by atoms with Crippen LogP contribution in [0.5, 0.6) is 5.75 Å². The van der Waals surface area contributed by atoms with Gasteiger partial charge in [-0.05, 0) is 24.1 Å². The lowest BCUT2D eigenvalue weighted by Gasteiger charge is -2.26. The van der Waals surface area contributed by atoms with E-state index in [2.05, 4.69) is 26.7 Å². The van der Waals surface area contributed by atoms with E-state index in [1.165, 1.54) is 0 Å². The lowest BCUT2D eigenvalue weighted by molar-refractivity contribution is 0.312. The first-order valence-electron chi connectivity index (χ1n) is 8.67. The minimum atomic E-state index is -0.602. The number of pyridine rings is 1. The summed E-state index contributed by atoms with van der Waals surface area (Å²) in [5.74, 6) is 1.17. The Morgan fingerprint density at radius 3 is 2.59 bits per heavy atom. The van der Waals surface area contributed by atoms with E-state index in [0.29, 0.717) is 36.6 Å². The van der Waals surface area contributed by atoms with Gasteiger partial charge < -0.3 is 21.5 Å². The Labute approximate surface area is 167 Å². The average molecular weight is 387 g/mol.